The van der Waals surface area contributed by atoms with Crippen LogP contribution in [0.4, 0.5) is 4.79 Å². The van der Waals surface area contributed by atoms with E-state index in [2.05, 4.69) is 10.6 Å². The molecule has 6 nitrogen and oxygen atoms in total. The van der Waals surface area contributed by atoms with Crippen molar-refractivity contribution in [3.05, 3.63) is 35.9 Å². The molecule has 2 rings (SSSR count). The molecule has 0 bridgehead atoms. The lowest BCUT2D eigenvalue weighted by Crippen LogP contribution is -2.52. The number of aliphatic hydroxyl groups excluding tert-OH is 1. The Balaban J connectivity index is 1.93. The van der Waals surface area contributed by atoms with Gasteiger partial charge in [0.15, 0.2) is 5.54 Å². The number of aliphatic hydroxyl groups is 1. The van der Waals surface area contributed by atoms with Crippen LogP contribution in [0.15, 0.2) is 30.3 Å². The Morgan fingerprint density at radius 2 is 1.91 bits per heavy atom. The average Bonchev–Trinajstić information content (AvgIpc) is 3.06. The van der Waals surface area contributed by atoms with Crippen LogP contribution in [0, 0.1) is 0 Å². The second-order valence-electron chi connectivity index (χ2n) is 6.49. The van der Waals surface area contributed by atoms with Crippen molar-refractivity contribution in [1.29, 1.82) is 0 Å². The molecule has 1 saturated carbocycles. The van der Waals surface area contributed by atoms with Gasteiger partial charge in [-0.25, -0.2) is 4.79 Å². The molecule has 2 atom stereocenters. The third-order valence-electron chi connectivity index (χ3n) is 3.35. The van der Waals surface area contributed by atoms with Crippen LogP contribution in [0.2, 0.25) is 0 Å². The predicted octanol–water partition coefficient (Wildman–Crippen LogP) is 1.33. The zero-order chi connectivity index (χ0) is 16.4. The number of hydrogen-bond donors (Lipinski definition) is 3. The zero-order valence-corrected chi connectivity index (χ0v) is 13.1. The first-order chi connectivity index (χ1) is 10.2. The van der Waals surface area contributed by atoms with E-state index in [1.54, 1.807) is 20.8 Å². The maximum atomic E-state index is 12.3. The summed E-state index contributed by atoms with van der Waals surface area (Å²) in [6.45, 7) is 5.54. The summed E-state index contributed by atoms with van der Waals surface area (Å²) in [5.41, 5.74) is -0.999. The minimum atomic E-state index is -1.28. The van der Waals surface area contributed by atoms with E-state index in [0.29, 0.717) is 6.54 Å². The number of nitrogens with one attached hydrogen (secondary N) is 2. The second kappa shape index (κ2) is 5.96. The predicted molar refractivity (Wildman–Crippen MR) is 81.0 cm³/mol. The van der Waals surface area contributed by atoms with Gasteiger partial charge in [0.05, 0.1) is 6.10 Å². The van der Waals surface area contributed by atoms with Crippen molar-refractivity contribution in [1.82, 2.24) is 10.6 Å². The quantitative estimate of drug-likeness (QED) is 0.783. The number of rotatable bonds is 4. The number of ether oxygens (including phenoxy) is 1. The first-order valence-electron chi connectivity index (χ1n) is 7.24. The topological polar surface area (TPSA) is 87.7 Å². The van der Waals surface area contributed by atoms with Gasteiger partial charge in [-0.3, -0.25) is 4.79 Å². The van der Waals surface area contributed by atoms with Crippen molar-refractivity contribution in [2.75, 3.05) is 0 Å². The summed E-state index contributed by atoms with van der Waals surface area (Å²) in [6, 6.07) is 9.42. The summed E-state index contributed by atoms with van der Waals surface area (Å²) in [5, 5.41) is 15.0. The molecule has 0 spiro atoms. The summed E-state index contributed by atoms with van der Waals surface area (Å²) in [4.78, 5) is 24.1. The van der Waals surface area contributed by atoms with E-state index in [9.17, 15) is 14.7 Å². The highest BCUT2D eigenvalue weighted by molar-refractivity contribution is 5.94. The smallest absolute Gasteiger partial charge is 0.408 e. The molecule has 0 aromatic heterocycles. The maximum absolute atomic E-state index is 12.3. The lowest BCUT2D eigenvalue weighted by atomic mass is 10.2. The van der Waals surface area contributed by atoms with Crippen LogP contribution in [0.25, 0.3) is 0 Å². The largest absolute Gasteiger partial charge is 0.444 e. The molecule has 1 aromatic carbocycles. The van der Waals surface area contributed by atoms with E-state index in [1.807, 2.05) is 30.3 Å². The molecule has 0 radical (unpaired) electrons. The highest BCUT2D eigenvalue weighted by atomic mass is 16.6. The Kier molecular flexibility index (Phi) is 4.42. The van der Waals surface area contributed by atoms with Crippen LogP contribution >= 0.6 is 0 Å². The van der Waals surface area contributed by atoms with Crippen molar-refractivity contribution in [3.63, 3.8) is 0 Å². The Morgan fingerprint density at radius 1 is 1.32 bits per heavy atom. The molecule has 1 aliphatic rings. The Bertz CT molecular complexity index is 553. The molecule has 6 heteroatoms. The van der Waals surface area contributed by atoms with Crippen LogP contribution in [0.5, 0.6) is 0 Å². The number of benzene rings is 1. The first kappa shape index (κ1) is 16.3. The molecular weight excluding hydrogens is 284 g/mol. The van der Waals surface area contributed by atoms with Gasteiger partial charge in [-0.15, -0.1) is 0 Å². The highest BCUT2D eigenvalue weighted by Crippen LogP contribution is 2.36. The van der Waals surface area contributed by atoms with Gasteiger partial charge in [-0.1, -0.05) is 30.3 Å². The Morgan fingerprint density at radius 3 is 2.41 bits per heavy atom. The van der Waals surface area contributed by atoms with Crippen LogP contribution < -0.4 is 10.6 Å². The molecule has 22 heavy (non-hydrogen) atoms. The fourth-order valence-electron chi connectivity index (χ4n) is 2.10. The highest BCUT2D eigenvalue weighted by Gasteiger charge is 2.61. The number of carbonyl (C=O) groups excluding carboxylic acids is 2. The van der Waals surface area contributed by atoms with Crippen LogP contribution in [0.3, 0.4) is 0 Å². The number of carbonyl (C=O) groups is 2. The molecule has 1 aromatic rings. The van der Waals surface area contributed by atoms with Gasteiger partial charge in [-0.2, -0.15) is 0 Å². The maximum Gasteiger partial charge on any atom is 0.408 e. The minimum absolute atomic E-state index is 0.187. The summed E-state index contributed by atoms with van der Waals surface area (Å²) in [7, 11) is 0. The van der Waals surface area contributed by atoms with Crippen LogP contribution in [-0.4, -0.2) is 34.4 Å². The molecule has 1 aliphatic carbocycles. The fourth-order valence-corrected chi connectivity index (χ4v) is 2.10. The van der Waals surface area contributed by atoms with E-state index < -0.39 is 29.2 Å². The summed E-state index contributed by atoms with van der Waals surface area (Å²) in [6.07, 6.45) is -1.41. The summed E-state index contributed by atoms with van der Waals surface area (Å²) >= 11 is 0. The Labute approximate surface area is 129 Å². The number of alkyl carbamates (subject to hydrolysis) is 1. The summed E-state index contributed by atoms with van der Waals surface area (Å²) < 4.78 is 5.13. The monoisotopic (exact) mass is 306 g/mol. The third-order valence-corrected chi connectivity index (χ3v) is 3.35. The van der Waals surface area contributed by atoms with E-state index in [1.165, 1.54) is 0 Å². The van der Waals surface area contributed by atoms with Gasteiger partial charge in [0.25, 0.3) is 0 Å². The molecule has 2 unspecified atom stereocenters. The summed E-state index contributed by atoms with van der Waals surface area (Å²) in [5.74, 6) is -0.408. The SMILES string of the molecule is CC(C)(C)OC(=O)NC1(C(=O)NCc2ccccc2)CC1O. The first-order valence-corrected chi connectivity index (χ1v) is 7.24. The molecule has 0 saturated heterocycles. The number of hydrogen-bond acceptors (Lipinski definition) is 4. The average molecular weight is 306 g/mol. The molecule has 1 fully saturated rings. The van der Waals surface area contributed by atoms with Crippen molar-refractivity contribution < 1.29 is 19.4 Å². The van der Waals surface area contributed by atoms with Crippen LogP contribution in [0.1, 0.15) is 32.8 Å². The van der Waals surface area contributed by atoms with E-state index in [0.717, 1.165) is 5.56 Å². The van der Waals surface area contributed by atoms with E-state index in [4.69, 9.17) is 4.74 Å². The molecule has 3 N–H and O–H groups in total. The van der Waals surface area contributed by atoms with Gasteiger partial charge in [0.2, 0.25) is 5.91 Å². The molecule has 0 heterocycles. The van der Waals surface area contributed by atoms with Crippen molar-refractivity contribution >= 4 is 12.0 Å². The van der Waals surface area contributed by atoms with Gasteiger partial charge in [-0.05, 0) is 26.3 Å². The van der Waals surface area contributed by atoms with Gasteiger partial charge >= 0.3 is 6.09 Å². The van der Waals surface area contributed by atoms with Crippen molar-refractivity contribution in [2.24, 2.45) is 0 Å². The normalized spacial score (nSPS) is 23.5. The lowest BCUT2D eigenvalue weighted by molar-refractivity contribution is -0.125. The van der Waals surface area contributed by atoms with E-state index >= 15 is 0 Å². The van der Waals surface area contributed by atoms with Crippen molar-refractivity contribution in [2.45, 2.75) is 51.0 Å². The zero-order valence-electron chi connectivity index (χ0n) is 13.1. The Hall–Kier alpha value is -2.08. The molecule has 0 aliphatic heterocycles. The van der Waals surface area contributed by atoms with E-state index in [-0.39, 0.29) is 6.42 Å². The van der Waals surface area contributed by atoms with Gasteiger partial charge in [0, 0.05) is 13.0 Å². The number of amides is 2. The minimum Gasteiger partial charge on any atom is -0.444 e. The van der Waals surface area contributed by atoms with Crippen LogP contribution in [-0.2, 0) is 16.1 Å². The molecule has 120 valence electrons. The third kappa shape index (κ3) is 3.98. The molecular formula is C16H22N2O4. The van der Waals surface area contributed by atoms with Crippen molar-refractivity contribution in [3.8, 4) is 0 Å². The standard InChI is InChI=1S/C16H22N2O4/c1-15(2,3)22-14(21)18-16(9-12(16)19)13(20)17-10-11-7-5-4-6-8-11/h4-8,12,19H,9-10H2,1-3H3,(H,17,20)(H,18,21). The lowest BCUT2D eigenvalue weighted by Gasteiger charge is -2.23. The molecule has 2 amide bonds. The van der Waals surface area contributed by atoms with Gasteiger partial charge in [0.1, 0.15) is 5.60 Å². The van der Waals surface area contributed by atoms with Gasteiger partial charge < -0.3 is 20.5 Å². The fraction of sp³-hybridized carbons (Fsp3) is 0.500. The second-order valence-corrected chi connectivity index (χ2v) is 6.49.